The molecule has 0 unspecified atom stereocenters. The number of carbonyl (C=O) groups excluding carboxylic acids is 1. The van der Waals surface area contributed by atoms with Crippen molar-refractivity contribution >= 4 is 23.0 Å². The number of pyridine rings is 1. The molecule has 0 atom stereocenters. The largest absolute Gasteiger partial charge is 0.272 e. The molecular formula is C20H16FN3O. The molecule has 1 amide bonds. The fraction of sp³-hybridized carbons (Fsp3) is 0.150. The number of hydrogen-bond donors (Lipinski definition) is 1. The van der Waals surface area contributed by atoms with Gasteiger partial charge in [0.05, 0.1) is 17.3 Å². The van der Waals surface area contributed by atoms with E-state index in [9.17, 15) is 9.18 Å². The molecule has 3 aromatic rings. The summed E-state index contributed by atoms with van der Waals surface area (Å²) in [6.07, 6.45) is 3.52. The highest BCUT2D eigenvalue weighted by atomic mass is 19.1. The van der Waals surface area contributed by atoms with Crippen LogP contribution in [0.5, 0.6) is 0 Å². The number of amides is 1. The molecule has 1 saturated carbocycles. The van der Waals surface area contributed by atoms with Crippen molar-refractivity contribution in [2.45, 2.75) is 18.8 Å². The van der Waals surface area contributed by atoms with Gasteiger partial charge in [-0.15, -0.1) is 0 Å². The summed E-state index contributed by atoms with van der Waals surface area (Å²) in [5, 5.41) is 4.67. The second-order valence-corrected chi connectivity index (χ2v) is 6.11. The van der Waals surface area contributed by atoms with Gasteiger partial charge >= 0.3 is 0 Å². The van der Waals surface area contributed by atoms with E-state index in [0.29, 0.717) is 17.0 Å². The van der Waals surface area contributed by atoms with E-state index < -0.39 is 0 Å². The third-order valence-corrected chi connectivity index (χ3v) is 4.25. The number of halogens is 1. The van der Waals surface area contributed by atoms with Crippen molar-refractivity contribution in [3.05, 3.63) is 77.2 Å². The van der Waals surface area contributed by atoms with Gasteiger partial charge in [0.15, 0.2) is 0 Å². The van der Waals surface area contributed by atoms with Crippen LogP contribution in [0.1, 0.15) is 40.4 Å². The molecule has 4 nitrogen and oxygen atoms in total. The van der Waals surface area contributed by atoms with Crippen LogP contribution in [-0.4, -0.2) is 17.1 Å². The van der Waals surface area contributed by atoms with E-state index in [1.807, 2.05) is 30.3 Å². The Morgan fingerprint density at radius 1 is 1.16 bits per heavy atom. The van der Waals surface area contributed by atoms with Crippen molar-refractivity contribution in [2.75, 3.05) is 0 Å². The van der Waals surface area contributed by atoms with E-state index in [2.05, 4.69) is 15.5 Å². The molecule has 1 fully saturated rings. The SMILES string of the molecule is O=C(N/N=C/c1ccccc1F)c1cc(C2CC2)nc2ccccc12. The van der Waals surface area contributed by atoms with Crippen LogP contribution in [0, 0.1) is 5.82 Å². The van der Waals surface area contributed by atoms with Gasteiger partial charge in [0.2, 0.25) is 0 Å². The zero-order chi connectivity index (χ0) is 17.2. The number of hydrazone groups is 1. The van der Waals surface area contributed by atoms with Crippen LogP contribution in [0.4, 0.5) is 4.39 Å². The number of benzene rings is 2. The van der Waals surface area contributed by atoms with Crippen molar-refractivity contribution in [3.8, 4) is 0 Å². The van der Waals surface area contributed by atoms with E-state index in [1.165, 1.54) is 12.3 Å². The lowest BCUT2D eigenvalue weighted by molar-refractivity contribution is 0.0956. The number of nitrogens with one attached hydrogen (secondary N) is 1. The van der Waals surface area contributed by atoms with E-state index in [4.69, 9.17) is 0 Å². The third kappa shape index (κ3) is 3.26. The number of aromatic nitrogens is 1. The van der Waals surface area contributed by atoms with Gasteiger partial charge in [0, 0.05) is 22.6 Å². The first-order valence-electron chi connectivity index (χ1n) is 8.20. The summed E-state index contributed by atoms with van der Waals surface area (Å²) in [5.74, 6) is -0.267. The van der Waals surface area contributed by atoms with Gasteiger partial charge in [0.1, 0.15) is 5.82 Å². The molecule has 25 heavy (non-hydrogen) atoms. The maximum atomic E-state index is 13.6. The van der Waals surface area contributed by atoms with Gasteiger partial charge in [-0.25, -0.2) is 9.82 Å². The Labute approximate surface area is 144 Å². The fourth-order valence-electron chi connectivity index (χ4n) is 2.77. The van der Waals surface area contributed by atoms with Crippen LogP contribution in [0.15, 0.2) is 59.7 Å². The highest BCUT2D eigenvalue weighted by Gasteiger charge is 2.26. The zero-order valence-electron chi connectivity index (χ0n) is 13.4. The van der Waals surface area contributed by atoms with Gasteiger partial charge in [-0.2, -0.15) is 5.10 Å². The maximum absolute atomic E-state index is 13.6. The smallest absolute Gasteiger partial charge is 0.267 e. The molecule has 1 heterocycles. The van der Waals surface area contributed by atoms with Crippen molar-refractivity contribution in [1.82, 2.24) is 10.4 Å². The molecule has 0 aliphatic heterocycles. The number of para-hydroxylation sites is 1. The van der Waals surface area contributed by atoms with Gasteiger partial charge in [-0.05, 0) is 31.0 Å². The lowest BCUT2D eigenvalue weighted by Crippen LogP contribution is -2.18. The van der Waals surface area contributed by atoms with Gasteiger partial charge in [-0.1, -0.05) is 36.4 Å². The monoisotopic (exact) mass is 333 g/mol. The van der Waals surface area contributed by atoms with Crippen molar-refractivity contribution in [1.29, 1.82) is 0 Å². The first-order valence-corrected chi connectivity index (χ1v) is 8.20. The Balaban J connectivity index is 1.62. The van der Waals surface area contributed by atoms with Crippen molar-refractivity contribution < 1.29 is 9.18 Å². The second kappa shape index (κ2) is 6.43. The van der Waals surface area contributed by atoms with Crippen LogP contribution in [-0.2, 0) is 0 Å². The maximum Gasteiger partial charge on any atom is 0.272 e. The standard InChI is InChI=1S/C20H16FN3O/c21-17-7-3-1-5-14(17)12-22-24-20(25)16-11-19(13-9-10-13)23-18-8-4-2-6-15(16)18/h1-8,11-13H,9-10H2,(H,24,25)/b22-12+. The molecular weight excluding hydrogens is 317 g/mol. The summed E-state index contributed by atoms with van der Waals surface area (Å²) in [6.45, 7) is 0. The van der Waals surface area contributed by atoms with Gasteiger partial charge < -0.3 is 0 Å². The van der Waals surface area contributed by atoms with Crippen LogP contribution >= 0.6 is 0 Å². The van der Waals surface area contributed by atoms with E-state index >= 15 is 0 Å². The normalized spacial score (nSPS) is 14.1. The number of hydrogen-bond acceptors (Lipinski definition) is 3. The predicted octanol–water partition coefficient (Wildman–Crippen LogP) is 4.02. The predicted molar refractivity (Wildman–Crippen MR) is 95.2 cm³/mol. The summed E-state index contributed by atoms with van der Waals surface area (Å²) in [4.78, 5) is 17.2. The van der Waals surface area contributed by atoms with E-state index in [-0.39, 0.29) is 11.7 Å². The summed E-state index contributed by atoms with van der Waals surface area (Å²) in [6, 6.07) is 15.7. The molecule has 0 radical (unpaired) electrons. The molecule has 5 heteroatoms. The Hall–Kier alpha value is -3.08. The molecule has 1 N–H and O–H groups in total. The molecule has 4 rings (SSSR count). The number of carbonyl (C=O) groups is 1. The summed E-state index contributed by atoms with van der Waals surface area (Å²) >= 11 is 0. The Bertz CT molecular complexity index is 980. The molecule has 1 aromatic heterocycles. The number of nitrogens with zero attached hydrogens (tertiary/aromatic N) is 2. The summed E-state index contributed by atoms with van der Waals surface area (Å²) in [5.41, 5.74) is 5.10. The molecule has 0 spiro atoms. The van der Waals surface area contributed by atoms with Crippen molar-refractivity contribution in [3.63, 3.8) is 0 Å². The molecule has 0 bridgehead atoms. The van der Waals surface area contributed by atoms with Crippen LogP contribution in [0.3, 0.4) is 0 Å². The lowest BCUT2D eigenvalue weighted by Gasteiger charge is -2.08. The van der Waals surface area contributed by atoms with Gasteiger partial charge in [-0.3, -0.25) is 9.78 Å². The average Bonchev–Trinajstić information content (AvgIpc) is 3.47. The Kier molecular flexibility index (Phi) is 3.98. The molecule has 2 aromatic carbocycles. The first-order chi connectivity index (χ1) is 12.2. The van der Waals surface area contributed by atoms with E-state index in [1.54, 1.807) is 18.2 Å². The Morgan fingerprint density at radius 2 is 1.92 bits per heavy atom. The molecule has 1 aliphatic rings. The average molecular weight is 333 g/mol. The minimum atomic E-state index is -0.383. The van der Waals surface area contributed by atoms with Crippen LogP contribution in [0.25, 0.3) is 10.9 Å². The van der Waals surface area contributed by atoms with Crippen molar-refractivity contribution in [2.24, 2.45) is 5.10 Å². The summed E-state index contributed by atoms with van der Waals surface area (Å²) in [7, 11) is 0. The molecule has 0 saturated heterocycles. The molecule has 1 aliphatic carbocycles. The first kappa shape index (κ1) is 15.4. The molecule has 124 valence electrons. The summed E-state index contributed by atoms with van der Waals surface area (Å²) < 4.78 is 13.6. The number of rotatable bonds is 4. The third-order valence-electron chi connectivity index (χ3n) is 4.25. The quantitative estimate of drug-likeness (QED) is 0.579. The Morgan fingerprint density at radius 3 is 2.72 bits per heavy atom. The highest BCUT2D eigenvalue weighted by molar-refractivity contribution is 6.06. The van der Waals surface area contributed by atoms with Gasteiger partial charge in [0.25, 0.3) is 5.91 Å². The van der Waals surface area contributed by atoms with Crippen LogP contribution in [0.2, 0.25) is 0 Å². The van der Waals surface area contributed by atoms with Crippen LogP contribution < -0.4 is 5.43 Å². The minimum absolute atomic E-state index is 0.320. The number of fused-ring (bicyclic) bond motifs is 1. The minimum Gasteiger partial charge on any atom is -0.267 e. The zero-order valence-corrected chi connectivity index (χ0v) is 13.4. The van der Waals surface area contributed by atoms with E-state index in [0.717, 1.165) is 29.4 Å². The topological polar surface area (TPSA) is 54.4 Å². The second-order valence-electron chi connectivity index (χ2n) is 6.11. The lowest BCUT2D eigenvalue weighted by atomic mass is 10.1. The highest BCUT2D eigenvalue weighted by Crippen LogP contribution is 2.40. The fourth-order valence-corrected chi connectivity index (χ4v) is 2.77.